The Hall–Kier alpha value is -2.14. The number of methoxy groups -OCH3 is 1. The number of carbonyl (C=O) groups excluding carboxylic acids is 1. The summed E-state index contributed by atoms with van der Waals surface area (Å²) in [6, 6.07) is 8.23. The van der Waals surface area contributed by atoms with Crippen LogP contribution in [0.3, 0.4) is 0 Å². The Morgan fingerprint density at radius 2 is 1.97 bits per heavy atom. The molecular formula is C22H23Cl2FN2O5S2. The van der Waals surface area contributed by atoms with Gasteiger partial charge in [0.15, 0.2) is 11.5 Å². The van der Waals surface area contributed by atoms with E-state index in [1.165, 1.54) is 26.3 Å². The third-order valence-corrected chi connectivity index (χ3v) is 8.68. The van der Waals surface area contributed by atoms with Crippen molar-refractivity contribution in [3.8, 4) is 11.5 Å². The molecule has 12 heteroatoms. The normalized spacial score (nSPS) is 18.1. The lowest BCUT2D eigenvalue weighted by Crippen LogP contribution is -2.29. The predicted molar refractivity (Wildman–Crippen MR) is 135 cm³/mol. The minimum absolute atomic E-state index is 0.0809. The summed E-state index contributed by atoms with van der Waals surface area (Å²) >= 11 is 13.2. The number of hydrogen-bond donors (Lipinski definition) is 1. The molecule has 0 radical (unpaired) electrons. The van der Waals surface area contributed by atoms with Crippen molar-refractivity contribution in [1.82, 2.24) is 0 Å². The van der Waals surface area contributed by atoms with Gasteiger partial charge in [-0.2, -0.15) is 0 Å². The molecule has 0 spiro atoms. The quantitative estimate of drug-likeness (QED) is 0.432. The van der Waals surface area contributed by atoms with Crippen LogP contribution in [0.15, 0.2) is 46.2 Å². The van der Waals surface area contributed by atoms with Gasteiger partial charge >= 0.3 is 0 Å². The number of ether oxygens (including phenoxy) is 2. The molecule has 3 rings (SSSR count). The standard InChI is InChI=1S/C22H23Cl2FN2O5S2/c1-5-32-17-7-6-16(11-18(17)31-4)27(3)34(29,30)19-12-22(2,24)33-20(19)21(28)26-15-9-13(23)8-14(25)10-15/h6-11H,5,12H2,1-4H3,(H,26,28). The van der Waals surface area contributed by atoms with Crippen LogP contribution >= 0.6 is 35.0 Å². The molecule has 1 N–H and O–H groups in total. The van der Waals surface area contributed by atoms with Crippen LogP contribution in [0.25, 0.3) is 0 Å². The van der Waals surface area contributed by atoms with Gasteiger partial charge < -0.3 is 14.8 Å². The lowest BCUT2D eigenvalue weighted by molar-refractivity contribution is -0.112. The zero-order valence-electron chi connectivity index (χ0n) is 18.8. The zero-order chi connectivity index (χ0) is 25.3. The number of hydrogen-bond acceptors (Lipinski definition) is 6. The second kappa shape index (κ2) is 10.2. The first kappa shape index (κ1) is 26.5. The van der Waals surface area contributed by atoms with Crippen molar-refractivity contribution in [3.63, 3.8) is 0 Å². The van der Waals surface area contributed by atoms with E-state index < -0.39 is 26.0 Å². The fraction of sp³-hybridized carbons (Fsp3) is 0.318. The van der Waals surface area contributed by atoms with Crippen LogP contribution in [0.2, 0.25) is 5.02 Å². The molecule has 1 atom stereocenters. The minimum Gasteiger partial charge on any atom is -0.493 e. The molecule has 184 valence electrons. The summed E-state index contributed by atoms with van der Waals surface area (Å²) in [5, 5.41) is 2.59. The maximum absolute atomic E-state index is 13.7. The van der Waals surface area contributed by atoms with Gasteiger partial charge in [0, 0.05) is 30.2 Å². The molecule has 0 saturated heterocycles. The van der Waals surface area contributed by atoms with E-state index in [1.807, 2.05) is 6.92 Å². The monoisotopic (exact) mass is 548 g/mol. The van der Waals surface area contributed by atoms with Gasteiger partial charge in [0.1, 0.15) is 5.82 Å². The first-order valence-electron chi connectivity index (χ1n) is 10.1. The second-order valence-corrected chi connectivity index (χ2v) is 12.5. The first-order chi connectivity index (χ1) is 15.9. The average molecular weight is 549 g/mol. The third kappa shape index (κ3) is 5.73. The van der Waals surface area contributed by atoms with Gasteiger partial charge in [-0.15, -0.1) is 11.6 Å². The fourth-order valence-electron chi connectivity index (χ4n) is 3.30. The van der Waals surface area contributed by atoms with Gasteiger partial charge in [-0.1, -0.05) is 23.4 Å². The van der Waals surface area contributed by atoms with Crippen LogP contribution in [-0.2, 0) is 14.8 Å². The highest BCUT2D eigenvalue weighted by Gasteiger charge is 2.44. The van der Waals surface area contributed by atoms with Crippen molar-refractivity contribution in [2.24, 2.45) is 0 Å². The number of nitrogens with one attached hydrogen (secondary N) is 1. The highest BCUT2D eigenvalue weighted by atomic mass is 35.5. The third-order valence-electron chi connectivity index (χ3n) is 4.85. The lowest BCUT2D eigenvalue weighted by Gasteiger charge is -2.22. The Morgan fingerprint density at radius 1 is 1.26 bits per heavy atom. The second-order valence-electron chi connectivity index (χ2n) is 7.49. The predicted octanol–water partition coefficient (Wildman–Crippen LogP) is 5.59. The Bertz CT molecular complexity index is 1230. The van der Waals surface area contributed by atoms with Gasteiger partial charge in [-0.25, -0.2) is 12.8 Å². The van der Waals surface area contributed by atoms with Crippen LogP contribution in [-0.4, -0.2) is 39.3 Å². The summed E-state index contributed by atoms with van der Waals surface area (Å²) in [4.78, 5) is 12.8. The number of amides is 1. The molecule has 0 aliphatic carbocycles. The number of nitrogens with zero attached hydrogens (tertiary/aromatic N) is 1. The first-order valence-corrected chi connectivity index (χ1v) is 13.1. The Kier molecular flexibility index (Phi) is 7.96. The summed E-state index contributed by atoms with van der Waals surface area (Å²) in [6.45, 7) is 3.85. The molecule has 2 aromatic carbocycles. The smallest absolute Gasteiger partial charge is 0.263 e. The summed E-state index contributed by atoms with van der Waals surface area (Å²) in [7, 11) is -1.35. The molecule has 1 amide bonds. The highest BCUT2D eigenvalue weighted by Crippen LogP contribution is 2.51. The summed E-state index contributed by atoms with van der Waals surface area (Å²) in [6.07, 6.45) is -0.0906. The van der Waals surface area contributed by atoms with E-state index in [0.29, 0.717) is 23.8 Å². The number of thioether (sulfide) groups is 1. The molecule has 1 unspecified atom stereocenters. The number of alkyl halides is 1. The van der Waals surface area contributed by atoms with Gasteiger partial charge in [-0.3, -0.25) is 9.10 Å². The molecule has 34 heavy (non-hydrogen) atoms. The van der Waals surface area contributed by atoms with Crippen molar-refractivity contribution >= 4 is 62.3 Å². The molecule has 7 nitrogen and oxygen atoms in total. The van der Waals surface area contributed by atoms with E-state index in [9.17, 15) is 17.6 Å². The molecular weight excluding hydrogens is 526 g/mol. The summed E-state index contributed by atoms with van der Waals surface area (Å²) < 4.78 is 51.6. The molecule has 0 aromatic heterocycles. The highest BCUT2D eigenvalue weighted by molar-refractivity contribution is 8.08. The van der Waals surface area contributed by atoms with Crippen molar-refractivity contribution < 1.29 is 27.1 Å². The number of sulfonamides is 1. The number of allylic oxidation sites excluding steroid dienone is 1. The number of halogens is 3. The van der Waals surface area contributed by atoms with Crippen LogP contribution in [0.1, 0.15) is 20.3 Å². The Morgan fingerprint density at radius 3 is 2.59 bits per heavy atom. The molecule has 1 aliphatic rings. The molecule has 1 aliphatic heterocycles. The van der Waals surface area contributed by atoms with Gasteiger partial charge in [0.05, 0.1) is 33.4 Å². The van der Waals surface area contributed by atoms with Crippen molar-refractivity contribution in [2.75, 3.05) is 30.4 Å². The van der Waals surface area contributed by atoms with Crippen molar-refractivity contribution in [1.29, 1.82) is 0 Å². The van der Waals surface area contributed by atoms with E-state index in [0.717, 1.165) is 28.2 Å². The molecule has 0 fully saturated rings. The SMILES string of the molecule is CCOc1ccc(N(C)S(=O)(=O)C2=C(C(=O)Nc3cc(F)cc(Cl)c3)SC(C)(Cl)C2)cc1OC. The van der Waals surface area contributed by atoms with Gasteiger partial charge in [-0.05, 0) is 44.2 Å². The fourth-order valence-corrected chi connectivity index (χ4v) is 6.99. The number of carbonyl (C=O) groups is 1. The van der Waals surface area contributed by atoms with Gasteiger partial charge in [0.25, 0.3) is 15.9 Å². The van der Waals surface area contributed by atoms with Crippen molar-refractivity contribution in [2.45, 2.75) is 24.5 Å². The molecule has 1 heterocycles. The van der Waals surface area contributed by atoms with E-state index in [-0.39, 0.29) is 26.9 Å². The van der Waals surface area contributed by atoms with E-state index in [2.05, 4.69) is 5.32 Å². The number of rotatable bonds is 8. The maximum atomic E-state index is 13.7. The average Bonchev–Trinajstić information content (AvgIpc) is 3.09. The van der Waals surface area contributed by atoms with Crippen molar-refractivity contribution in [3.05, 3.63) is 57.0 Å². The largest absolute Gasteiger partial charge is 0.493 e. The van der Waals surface area contributed by atoms with Gasteiger partial charge in [0.2, 0.25) is 0 Å². The number of anilines is 2. The summed E-state index contributed by atoms with van der Waals surface area (Å²) in [5.74, 6) is -0.543. The Labute approximate surface area is 212 Å². The molecule has 0 saturated carbocycles. The lowest BCUT2D eigenvalue weighted by atomic mass is 10.2. The van der Waals surface area contributed by atoms with Crippen LogP contribution in [0.4, 0.5) is 15.8 Å². The van der Waals surface area contributed by atoms with Crippen LogP contribution < -0.4 is 19.1 Å². The summed E-state index contributed by atoms with van der Waals surface area (Å²) in [5.41, 5.74) is 0.394. The topological polar surface area (TPSA) is 84.9 Å². The molecule has 2 aromatic rings. The molecule has 0 bridgehead atoms. The Balaban J connectivity index is 1.99. The van der Waals surface area contributed by atoms with E-state index in [1.54, 1.807) is 19.1 Å². The van der Waals surface area contributed by atoms with Crippen LogP contribution in [0, 0.1) is 5.82 Å². The zero-order valence-corrected chi connectivity index (χ0v) is 22.0. The minimum atomic E-state index is -4.17. The maximum Gasteiger partial charge on any atom is 0.263 e. The van der Waals surface area contributed by atoms with Crippen LogP contribution in [0.5, 0.6) is 11.5 Å². The number of benzene rings is 2. The van der Waals surface area contributed by atoms with E-state index >= 15 is 0 Å². The van der Waals surface area contributed by atoms with E-state index in [4.69, 9.17) is 32.7 Å².